The largest absolute Gasteiger partial charge is 0.378 e. The van der Waals surface area contributed by atoms with Gasteiger partial charge in [-0.05, 0) is 12.8 Å². The fraction of sp³-hybridized carbons (Fsp3) is 0.733. The van der Waals surface area contributed by atoms with E-state index in [-0.39, 0.29) is 0 Å². The highest BCUT2D eigenvalue weighted by molar-refractivity contribution is 5.35. The number of anilines is 1. The molecule has 1 heterocycles. The van der Waals surface area contributed by atoms with Crippen LogP contribution in [-0.2, 0) is 11.3 Å². The van der Waals surface area contributed by atoms with E-state index in [4.69, 9.17) is 9.72 Å². The Morgan fingerprint density at radius 2 is 1.84 bits per heavy atom. The molecule has 1 N–H and O–H groups in total. The van der Waals surface area contributed by atoms with Crippen LogP contribution in [0.2, 0.25) is 0 Å². The molecule has 1 saturated carbocycles. The number of methoxy groups -OCH3 is 1. The summed E-state index contributed by atoms with van der Waals surface area (Å²) in [6, 6.07) is 1.97. The number of nitrogens with zero attached hydrogens (tertiary/aromatic N) is 2. The third kappa shape index (κ3) is 4.16. The molecule has 0 unspecified atom stereocenters. The number of hydrogen-bond donors (Lipinski definition) is 1. The molecule has 0 atom stereocenters. The highest BCUT2D eigenvalue weighted by Crippen LogP contribution is 2.29. The van der Waals surface area contributed by atoms with Gasteiger partial charge in [-0.2, -0.15) is 0 Å². The summed E-state index contributed by atoms with van der Waals surface area (Å²) in [5, 5.41) is 3.13. The van der Waals surface area contributed by atoms with Gasteiger partial charge >= 0.3 is 0 Å². The van der Waals surface area contributed by atoms with E-state index in [1.54, 1.807) is 7.11 Å². The van der Waals surface area contributed by atoms with Gasteiger partial charge in [0.25, 0.3) is 0 Å². The molecule has 1 aromatic heterocycles. The maximum absolute atomic E-state index is 5.20. The summed E-state index contributed by atoms with van der Waals surface area (Å²) in [5.74, 6) is 2.42. The van der Waals surface area contributed by atoms with Crippen molar-refractivity contribution in [2.75, 3.05) is 19.5 Å². The average molecular weight is 263 g/mol. The van der Waals surface area contributed by atoms with Crippen molar-refractivity contribution in [1.82, 2.24) is 9.97 Å². The van der Waals surface area contributed by atoms with Crippen molar-refractivity contribution >= 4 is 5.82 Å². The Morgan fingerprint density at radius 3 is 2.47 bits per heavy atom. The smallest absolute Gasteiger partial charge is 0.134 e. The van der Waals surface area contributed by atoms with Gasteiger partial charge in [0.1, 0.15) is 11.6 Å². The van der Waals surface area contributed by atoms with Gasteiger partial charge in [-0.25, -0.2) is 9.97 Å². The molecular formula is C15H25N3O. The number of ether oxygens (including phenoxy) is 1. The molecule has 0 radical (unpaired) electrons. The van der Waals surface area contributed by atoms with Crippen molar-refractivity contribution in [3.63, 3.8) is 0 Å². The summed E-state index contributed by atoms with van der Waals surface area (Å²) in [7, 11) is 3.61. The Morgan fingerprint density at radius 1 is 1.16 bits per heavy atom. The third-order valence-corrected chi connectivity index (χ3v) is 3.82. The minimum atomic E-state index is 0.518. The van der Waals surface area contributed by atoms with Gasteiger partial charge in [0.2, 0.25) is 0 Å². The molecule has 4 heteroatoms. The molecule has 106 valence electrons. The van der Waals surface area contributed by atoms with E-state index in [1.165, 1.54) is 44.9 Å². The van der Waals surface area contributed by atoms with Crippen molar-refractivity contribution in [3.8, 4) is 0 Å². The first-order valence-corrected chi connectivity index (χ1v) is 7.38. The van der Waals surface area contributed by atoms with Crippen LogP contribution in [0.3, 0.4) is 0 Å². The molecule has 19 heavy (non-hydrogen) atoms. The van der Waals surface area contributed by atoms with E-state index in [1.807, 2.05) is 13.1 Å². The molecule has 1 aliphatic carbocycles. The molecule has 1 aromatic rings. The van der Waals surface area contributed by atoms with Crippen molar-refractivity contribution in [2.45, 2.75) is 57.5 Å². The average Bonchev–Trinajstić information content (AvgIpc) is 2.38. The zero-order valence-corrected chi connectivity index (χ0v) is 12.1. The molecule has 0 bridgehead atoms. The minimum absolute atomic E-state index is 0.518. The van der Waals surface area contributed by atoms with E-state index in [0.29, 0.717) is 12.5 Å². The molecule has 0 saturated heterocycles. The van der Waals surface area contributed by atoms with Gasteiger partial charge in [0, 0.05) is 26.1 Å². The Kier molecular flexibility index (Phi) is 5.58. The summed E-state index contributed by atoms with van der Waals surface area (Å²) in [4.78, 5) is 9.34. The zero-order valence-electron chi connectivity index (χ0n) is 12.1. The number of rotatable bonds is 4. The van der Waals surface area contributed by atoms with Crippen LogP contribution < -0.4 is 5.32 Å². The first-order valence-electron chi connectivity index (χ1n) is 7.38. The van der Waals surface area contributed by atoms with Crippen LogP contribution in [0.1, 0.15) is 62.4 Å². The molecule has 1 fully saturated rings. The summed E-state index contributed by atoms with van der Waals surface area (Å²) < 4.78 is 5.20. The molecule has 0 spiro atoms. The first kappa shape index (κ1) is 14.3. The maximum Gasteiger partial charge on any atom is 0.134 e. The Balaban J connectivity index is 2.17. The fourth-order valence-electron chi connectivity index (χ4n) is 2.76. The second-order valence-electron chi connectivity index (χ2n) is 5.33. The highest BCUT2D eigenvalue weighted by Gasteiger charge is 2.17. The Hall–Kier alpha value is -1.16. The zero-order chi connectivity index (χ0) is 13.5. The second-order valence-corrected chi connectivity index (χ2v) is 5.33. The molecular weight excluding hydrogens is 238 g/mol. The third-order valence-electron chi connectivity index (χ3n) is 3.82. The van der Waals surface area contributed by atoms with Crippen molar-refractivity contribution in [1.29, 1.82) is 0 Å². The SMILES string of the molecule is CNc1cc(COC)nc(C2CCCCCCC2)n1. The van der Waals surface area contributed by atoms with Crippen molar-refractivity contribution in [3.05, 3.63) is 17.6 Å². The number of hydrogen-bond acceptors (Lipinski definition) is 4. The monoisotopic (exact) mass is 263 g/mol. The predicted molar refractivity (Wildman–Crippen MR) is 77.4 cm³/mol. The van der Waals surface area contributed by atoms with Gasteiger partial charge in [0.05, 0.1) is 12.3 Å². The van der Waals surface area contributed by atoms with Gasteiger partial charge < -0.3 is 10.1 Å². The van der Waals surface area contributed by atoms with Gasteiger partial charge in [-0.15, -0.1) is 0 Å². The van der Waals surface area contributed by atoms with E-state index >= 15 is 0 Å². The molecule has 0 amide bonds. The highest BCUT2D eigenvalue weighted by atomic mass is 16.5. The summed E-state index contributed by atoms with van der Waals surface area (Å²) in [6.45, 7) is 0.552. The van der Waals surface area contributed by atoms with Crippen LogP contribution in [0, 0.1) is 0 Å². The lowest BCUT2D eigenvalue weighted by atomic mass is 9.90. The predicted octanol–water partition coefficient (Wildman–Crippen LogP) is 3.49. The Bertz CT molecular complexity index is 387. The topological polar surface area (TPSA) is 47.0 Å². The minimum Gasteiger partial charge on any atom is -0.378 e. The lowest BCUT2D eigenvalue weighted by Crippen LogP contribution is -2.10. The van der Waals surface area contributed by atoms with Gasteiger partial charge in [0.15, 0.2) is 0 Å². The van der Waals surface area contributed by atoms with Crippen LogP contribution in [0.4, 0.5) is 5.82 Å². The maximum atomic E-state index is 5.20. The quantitative estimate of drug-likeness (QED) is 0.903. The molecule has 0 aliphatic heterocycles. The van der Waals surface area contributed by atoms with E-state index < -0.39 is 0 Å². The van der Waals surface area contributed by atoms with Crippen LogP contribution >= 0.6 is 0 Å². The van der Waals surface area contributed by atoms with E-state index in [2.05, 4.69) is 10.3 Å². The van der Waals surface area contributed by atoms with Gasteiger partial charge in [-0.3, -0.25) is 0 Å². The number of nitrogens with one attached hydrogen (secondary N) is 1. The molecule has 4 nitrogen and oxygen atoms in total. The summed E-state index contributed by atoms with van der Waals surface area (Å²) in [5.41, 5.74) is 0.971. The standard InChI is InChI=1S/C15H25N3O/c1-16-14-10-13(11-19-2)17-15(18-14)12-8-6-4-3-5-7-9-12/h10,12H,3-9,11H2,1-2H3,(H,16,17,18). The summed E-state index contributed by atoms with van der Waals surface area (Å²) in [6.07, 6.45) is 9.15. The van der Waals surface area contributed by atoms with Crippen LogP contribution in [0.15, 0.2) is 6.07 Å². The molecule has 2 rings (SSSR count). The molecule has 0 aromatic carbocycles. The Labute approximate surface area is 116 Å². The van der Waals surface area contributed by atoms with Crippen molar-refractivity contribution < 1.29 is 4.74 Å². The van der Waals surface area contributed by atoms with Crippen LogP contribution in [0.5, 0.6) is 0 Å². The second kappa shape index (κ2) is 7.43. The number of aromatic nitrogens is 2. The van der Waals surface area contributed by atoms with Crippen LogP contribution in [-0.4, -0.2) is 24.1 Å². The molecule has 1 aliphatic rings. The fourth-order valence-corrected chi connectivity index (χ4v) is 2.76. The van der Waals surface area contributed by atoms with E-state index in [9.17, 15) is 0 Å². The summed E-state index contributed by atoms with van der Waals surface area (Å²) >= 11 is 0. The lowest BCUT2D eigenvalue weighted by Gasteiger charge is -2.19. The van der Waals surface area contributed by atoms with Crippen LogP contribution in [0.25, 0.3) is 0 Å². The van der Waals surface area contributed by atoms with E-state index in [0.717, 1.165) is 17.3 Å². The van der Waals surface area contributed by atoms with Crippen molar-refractivity contribution in [2.24, 2.45) is 0 Å². The van der Waals surface area contributed by atoms with Gasteiger partial charge in [-0.1, -0.05) is 32.1 Å². The normalized spacial score (nSPS) is 17.8. The first-order chi connectivity index (χ1) is 9.33. The lowest BCUT2D eigenvalue weighted by molar-refractivity contribution is 0.181.